The lowest BCUT2D eigenvalue weighted by Crippen LogP contribution is -2.37. The first-order valence-electron chi connectivity index (χ1n) is 8.42. The monoisotopic (exact) mass is 361 g/mol. The number of aromatic nitrogens is 3. The van der Waals surface area contributed by atoms with Crippen molar-refractivity contribution in [3.8, 4) is 0 Å². The fraction of sp³-hybridized carbons (Fsp3) is 0.471. The van der Waals surface area contributed by atoms with Crippen molar-refractivity contribution in [2.45, 2.75) is 32.9 Å². The van der Waals surface area contributed by atoms with E-state index in [2.05, 4.69) is 25.2 Å². The van der Waals surface area contributed by atoms with E-state index in [9.17, 15) is 8.42 Å². The van der Waals surface area contributed by atoms with Crippen molar-refractivity contribution in [3.05, 3.63) is 42.0 Å². The molecule has 25 heavy (non-hydrogen) atoms. The molecule has 1 atom stereocenters. The Balaban J connectivity index is 1.78. The lowest BCUT2D eigenvalue weighted by Gasteiger charge is -2.28. The van der Waals surface area contributed by atoms with E-state index in [1.165, 1.54) is 0 Å². The molecule has 1 aliphatic rings. The molecule has 0 aromatic carbocycles. The van der Waals surface area contributed by atoms with Gasteiger partial charge in [-0.2, -0.15) is 0 Å². The molecule has 0 aliphatic carbocycles. The van der Waals surface area contributed by atoms with Crippen LogP contribution >= 0.6 is 0 Å². The Labute approximate surface area is 148 Å². The van der Waals surface area contributed by atoms with Crippen molar-refractivity contribution < 1.29 is 8.42 Å². The SMILES string of the molecule is CCN(c1cc(NCc2cccnc2)nc(C)n1)C1CCS(=O)(=O)C1. The predicted octanol–water partition coefficient (Wildman–Crippen LogP) is 1.81. The van der Waals surface area contributed by atoms with Crippen molar-refractivity contribution in [3.63, 3.8) is 0 Å². The molecule has 134 valence electrons. The average Bonchev–Trinajstić information content (AvgIpc) is 2.94. The summed E-state index contributed by atoms with van der Waals surface area (Å²) in [5.74, 6) is 2.61. The largest absolute Gasteiger partial charge is 0.366 e. The Hall–Kier alpha value is -2.22. The van der Waals surface area contributed by atoms with E-state index < -0.39 is 9.84 Å². The summed E-state index contributed by atoms with van der Waals surface area (Å²) in [4.78, 5) is 15.1. The standard InChI is InChI=1S/C17H23N5O2S/c1-3-22(15-6-8-25(23,24)12-15)17-9-16(20-13(2)21-17)19-11-14-5-4-7-18-10-14/h4-5,7,9-10,15H,3,6,8,11-12H2,1-2H3,(H,19,20,21). The molecule has 0 saturated carbocycles. The van der Waals surface area contributed by atoms with Crippen LogP contribution in [0.25, 0.3) is 0 Å². The van der Waals surface area contributed by atoms with E-state index >= 15 is 0 Å². The minimum Gasteiger partial charge on any atom is -0.366 e. The molecule has 0 radical (unpaired) electrons. The van der Waals surface area contributed by atoms with Crippen LogP contribution < -0.4 is 10.2 Å². The Bertz CT molecular complexity index is 826. The zero-order chi connectivity index (χ0) is 17.9. The molecule has 1 N–H and O–H groups in total. The number of pyridine rings is 1. The molecule has 3 heterocycles. The molecule has 3 rings (SSSR count). The highest BCUT2D eigenvalue weighted by atomic mass is 32.2. The van der Waals surface area contributed by atoms with Gasteiger partial charge in [-0.1, -0.05) is 6.07 Å². The molecule has 0 amide bonds. The molecular weight excluding hydrogens is 338 g/mol. The Morgan fingerprint density at radius 1 is 1.36 bits per heavy atom. The van der Waals surface area contributed by atoms with Gasteiger partial charge in [-0.15, -0.1) is 0 Å². The summed E-state index contributed by atoms with van der Waals surface area (Å²) < 4.78 is 23.6. The van der Waals surface area contributed by atoms with Crippen molar-refractivity contribution in [1.29, 1.82) is 0 Å². The summed E-state index contributed by atoms with van der Waals surface area (Å²) >= 11 is 0. The Morgan fingerprint density at radius 3 is 2.84 bits per heavy atom. The van der Waals surface area contributed by atoms with Gasteiger partial charge in [0.25, 0.3) is 0 Å². The van der Waals surface area contributed by atoms with E-state index in [0.717, 1.165) is 17.2 Å². The third-order valence-electron chi connectivity index (χ3n) is 4.30. The summed E-state index contributed by atoms with van der Waals surface area (Å²) in [7, 11) is -2.93. The van der Waals surface area contributed by atoms with Crippen LogP contribution in [0.15, 0.2) is 30.6 Å². The van der Waals surface area contributed by atoms with Gasteiger partial charge in [0.1, 0.15) is 17.5 Å². The predicted molar refractivity (Wildman–Crippen MR) is 98.4 cm³/mol. The van der Waals surface area contributed by atoms with Crippen LogP contribution in [0.5, 0.6) is 0 Å². The Morgan fingerprint density at radius 2 is 2.20 bits per heavy atom. The molecule has 8 heteroatoms. The maximum absolute atomic E-state index is 11.8. The van der Waals surface area contributed by atoms with E-state index in [0.29, 0.717) is 25.3 Å². The van der Waals surface area contributed by atoms with Gasteiger partial charge in [0.2, 0.25) is 0 Å². The minimum absolute atomic E-state index is 0.0181. The van der Waals surface area contributed by atoms with Crippen LogP contribution in [-0.4, -0.2) is 47.5 Å². The lowest BCUT2D eigenvalue weighted by atomic mass is 10.2. The van der Waals surface area contributed by atoms with Gasteiger partial charge in [0.15, 0.2) is 9.84 Å². The highest BCUT2D eigenvalue weighted by Crippen LogP contribution is 2.24. The van der Waals surface area contributed by atoms with Gasteiger partial charge in [-0.25, -0.2) is 18.4 Å². The van der Waals surface area contributed by atoms with Crippen molar-refractivity contribution >= 4 is 21.5 Å². The fourth-order valence-corrected chi connectivity index (χ4v) is 4.84. The second-order valence-corrected chi connectivity index (χ2v) is 8.45. The topological polar surface area (TPSA) is 88.1 Å². The van der Waals surface area contributed by atoms with Gasteiger partial charge >= 0.3 is 0 Å². The van der Waals surface area contributed by atoms with Gasteiger partial charge < -0.3 is 10.2 Å². The average molecular weight is 361 g/mol. The quantitative estimate of drug-likeness (QED) is 0.839. The molecule has 1 fully saturated rings. The van der Waals surface area contributed by atoms with Crippen molar-refractivity contribution in [2.24, 2.45) is 0 Å². The van der Waals surface area contributed by atoms with Gasteiger partial charge in [0, 0.05) is 37.6 Å². The zero-order valence-corrected chi connectivity index (χ0v) is 15.3. The zero-order valence-electron chi connectivity index (χ0n) is 14.5. The number of rotatable bonds is 6. The minimum atomic E-state index is -2.93. The molecule has 1 saturated heterocycles. The van der Waals surface area contributed by atoms with E-state index in [1.807, 2.05) is 38.2 Å². The Kier molecular flexibility index (Phi) is 5.17. The molecule has 2 aromatic rings. The summed E-state index contributed by atoms with van der Waals surface area (Å²) in [6, 6.07) is 5.76. The fourth-order valence-electron chi connectivity index (χ4n) is 3.11. The number of hydrogen-bond acceptors (Lipinski definition) is 7. The summed E-state index contributed by atoms with van der Waals surface area (Å²) in [5, 5.41) is 3.29. The summed E-state index contributed by atoms with van der Waals surface area (Å²) in [5.41, 5.74) is 1.06. The molecule has 2 aromatic heterocycles. The molecular formula is C17H23N5O2S. The van der Waals surface area contributed by atoms with Gasteiger partial charge in [-0.3, -0.25) is 4.98 Å². The number of nitrogens with zero attached hydrogens (tertiary/aromatic N) is 4. The van der Waals surface area contributed by atoms with Crippen LogP contribution in [0.3, 0.4) is 0 Å². The molecule has 1 unspecified atom stereocenters. The second-order valence-electron chi connectivity index (χ2n) is 6.22. The first-order valence-corrected chi connectivity index (χ1v) is 10.2. The van der Waals surface area contributed by atoms with Crippen LogP contribution in [0, 0.1) is 6.92 Å². The van der Waals surface area contributed by atoms with Crippen LogP contribution in [0.1, 0.15) is 24.7 Å². The lowest BCUT2D eigenvalue weighted by molar-refractivity contribution is 0.599. The van der Waals surface area contributed by atoms with Crippen molar-refractivity contribution in [2.75, 3.05) is 28.3 Å². The number of sulfone groups is 1. The van der Waals surface area contributed by atoms with Gasteiger partial charge in [-0.05, 0) is 31.9 Å². The highest BCUT2D eigenvalue weighted by Gasteiger charge is 2.32. The maximum atomic E-state index is 11.8. The third-order valence-corrected chi connectivity index (χ3v) is 6.06. The normalized spacial score (nSPS) is 18.9. The highest BCUT2D eigenvalue weighted by molar-refractivity contribution is 7.91. The second kappa shape index (κ2) is 7.35. The first-order chi connectivity index (χ1) is 12.0. The molecule has 7 nitrogen and oxygen atoms in total. The third kappa shape index (κ3) is 4.45. The van der Waals surface area contributed by atoms with Gasteiger partial charge in [0.05, 0.1) is 11.5 Å². The van der Waals surface area contributed by atoms with Crippen LogP contribution in [0.4, 0.5) is 11.6 Å². The van der Waals surface area contributed by atoms with Crippen molar-refractivity contribution in [1.82, 2.24) is 15.0 Å². The molecule has 0 bridgehead atoms. The number of nitrogens with one attached hydrogen (secondary N) is 1. The number of aryl methyl sites for hydroxylation is 1. The summed E-state index contributed by atoms with van der Waals surface area (Å²) in [6.45, 7) is 5.19. The van der Waals surface area contributed by atoms with E-state index in [1.54, 1.807) is 6.20 Å². The van der Waals surface area contributed by atoms with Crippen LogP contribution in [0.2, 0.25) is 0 Å². The smallest absolute Gasteiger partial charge is 0.152 e. The first kappa shape index (κ1) is 17.6. The maximum Gasteiger partial charge on any atom is 0.152 e. The number of hydrogen-bond donors (Lipinski definition) is 1. The van der Waals surface area contributed by atoms with Crippen LogP contribution in [-0.2, 0) is 16.4 Å². The van der Waals surface area contributed by atoms with E-state index in [-0.39, 0.29) is 17.5 Å². The molecule has 0 spiro atoms. The number of anilines is 2. The molecule has 1 aliphatic heterocycles. The summed E-state index contributed by atoms with van der Waals surface area (Å²) in [6.07, 6.45) is 4.20. The van der Waals surface area contributed by atoms with E-state index in [4.69, 9.17) is 0 Å².